The fraction of sp³-hybridized carbons (Fsp3) is 0.646. The number of aliphatic hydroxyl groups is 1. The lowest BCUT2D eigenvalue weighted by Crippen LogP contribution is -2.54. The first kappa shape index (κ1) is 92.2. The van der Waals surface area contributed by atoms with Crippen LogP contribution in [0, 0.1) is 13.8 Å². The molecule has 0 saturated carbocycles. The van der Waals surface area contributed by atoms with Crippen molar-refractivity contribution in [2.75, 3.05) is 98.9 Å². The number of carbonyl (C=O) groups is 1. The lowest BCUT2D eigenvalue weighted by atomic mass is 9.94. The summed E-state index contributed by atoms with van der Waals surface area (Å²) in [5, 5.41) is 14.5. The van der Waals surface area contributed by atoms with E-state index in [0.29, 0.717) is 0 Å². The molecule has 14 rings (SSSR count). The summed E-state index contributed by atoms with van der Waals surface area (Å²) < 4.78 is 136. The number of nitrogen functional groups attached to an aromatic ring is 2. The summed E-state index contributed by atoms with van der Waals surface area (Å²) in [4.78, 5) is 170. The van der Waals surface area contributed by atoms with Crippen LogP contribution in [0.2, 0.25) is 0 Å². The standard InChI is InChI=1S/C65H90N16O33P4S4/c1-11-33-38(41(97-15-12-94-8)55(106-33)78-19-28(3)51(84)75-62(78)88)111-115(90,119)100-21-34-39(42(98-16-13-95-9)56(107-34)80-25-68-36-48(80)71-60(66)73-53(36)86)112-116(91,120)101-22-35-40(43(99-17-14-96-10)57(108-35)81-26-69-37-49(81)72-61(67)74-54(37)87)113-117(92,121)103-24-65-31(6)105-45(59(110-65)79-20-29(4)52(85)76-63(79)89)47(65)114-118(93,122)102-23-64-30(5)104-44(46(64)82)58(109-64)77-18-27(2)50(83)70-32(77)7/h18-20,25-26,30-31,33-35,38-47,55-59,82H,7,11-17,21-24H2,1-6,8-10H3,(H,70,83)(H,90,119)(H,91,120)(H,92,121)(H,93,122)(H,75,84,88)(H,76,85,89)(H3,66,71,73,86)(H3,67,72,74,87)/t30-,31-,33+,34+,35+,38-,39-,40-,41?,42?,43?,44?,45?,46+,47+,55+,56+,57+,58+,59+,64-,65-,115?,116?,117?,118?/m0/s1. The van der Waals surface area contributed by atoms with Crippen molar-refractivity contribution in [1.82, 2.24) is 68.4 Å². The highest BCUT2D eigenvalue weighted by atomic mass is 32.5. The second kappa shape index (κ2) is 36.6. The molecule has 0 aromatic carbocycles. The third kappa shape index (κ3) is 18.4. The van der Waals surface area contributed by atoms with Crippen LogP contribution in [0.15, 0.2) is 78.0 Å². The molecule has 49 nitrogen and oxygen atoms in total. The minimum atomic E-state index is -4.99. The Morgan fingerprint density at radius 3 is 1.41 bits per heavy atom. The van der Waals surface area contributed by atoms with Crippen LogP contribution in [-0.4, -0.2) is 290 Å². The number of nitrogens with two attached hydrogens (primary N) is 2. The van der Waals surface area contributed by atoms with E-state index in [1.54, 1.807) is 20.8 Å². The number of aromatic nitrogens is 12. The number of amides is 1. The molecule has 7 fully saturated rings. The Balaban J connectivity index is 0.766. The largest absolute Gasteiger partial charge is 0.387 e. The molecule has 0 spiro atoms. The maximum absolute atomic E-state index is 13.8. The molecule has 6 aromatic heterocycles. The molecule has 6 aromatic rings. The number of carbonyl (C=O) groups excluding carboxylic acids is 1. The van der Waals surface area contributed by atoms with Gasteiger partial charge < -0.3 is 126 Å². The molecule has 57 heteroatoms. The van der Waals surface area contributed by atoms with Gasteiger partial charge in [-0.3, -0.25) is 80.3 Å². The number of fused-ring (bicyclic) bond motifs is 6. The summed E-state index contributed by atoms with van der Waals surface area (Å²) >= 11 is 23.2. The number of aryl methyl sites for hydroxylation is 2. The van der Waals surface area contributed by atoms with E-state index in [1.807, 2.05) is 0 Å². The number of nitrogens with one attached hydrogen (secondary N) is 5. The zero-order chi connectivity index (χ0) is 87.8. The number of hydrogen-bond acceptors (Lipinski definition) is 40. The van der Waals surface area contributed by atoms with Crippen LogP contribution in [-0.2, 0) is 150 Å². The van der Waals surface area contributed by atoms with Gasteiger partial charge in [0.1, 0.15) is 90.3 Å². The van der Waals surface area contributed by atoms with Crippen molar-refractivity contribution in [3.63, 3.8) is 0 Å². The lowest BCUT2D eigenvalue weighted by Gasteiger charge is -2.41. The van der Waals surface area contributed by atoms with E-state index in [1.165, 1.54) is 81.1 Å². The van der Waals surface area contributed by atoms with Crippen LogP contribution < -0.4 is 50.4 Å². The topological polar surface area (TPSA) is 616 Å². The number of rotatable bonds is 38. The average Bonchev–Trinajstić information content (AvgIpc) is 1.54. The average molecular weight is 1880 g/mol. The van der Waals surface area contributed by atoms with Crippen molar-refractivity contribution >= 4 is 114 Å². The number of hydrogen-bond donors (Lipinski definition) is 12. The van der Waals surface area contributed by atoms with E-state index in [-0.39, 0.29) is 103 Å². The number of aliphatic hydroxyl groups excluding tert-OH is 1. The Kier molecular flexibility index (Phi) is 27.7. The Bertz CT molecular complexity index is 5570. The van der Waals surface area contributed by atoms with Gasteiger partial charge in [-0.2, -0.15) is 9.97 Å². The normalized spacial score (nSPS) is 33.3. The van der Waals surface area contributed by atoms with Gasteiger partial charge in [0.2, 0.25) is 11.9 Å². The number of aromatic amines is 4. The molecule has 122 heavy (non-hydrogen) atoms. The zero-order valence-electron chi connectivity index (χ0n) is 66.2. The SMILES string of the molecule is C=C1NC(=O)C(C)=CN1[C@@H]1O[C@@]2(COP(O)(=S)O[C@@H]3C4O[C@@H](C)[C@]3(COP(O)(=S)O[C@@H]3C(OCCOC)[C@H](n5cnc6c(=O)[nH]c(N)nc65)O[C@@H]3COP(O)(=S)O[C@@H]3C(OCCOC)[C@H](n5cnc6c(=O)[nH]c(N)nc65)O[C@@H]3COP(O)(=S)O[C@@H]3C(OCCOC)[C@H](n5cc(C)c(=O)[nH]c5=O)O[C@@H]3CC)O[C@H]4n3cc(C)c(=O)[nH]c3=O)[C@H](C)OC1[C@H]2O. The number of ether oxygens (including phenoxy) is 13. The summed E-state index contributed by atoms with van der Waals surface area (Å²) in [7, 11) is 4.18. The minimum absolute atomic E-state index is 0.0419. The van der Waals surface area contributed by atoms with Gasteiger partial charge in [-0.05, 0) is 88.3 Å². The summed E-state index contributed by atoms with van der Waals surface area (Å²) in [6, 6.07) is 0. The summed E-state index contributed by atoms with van der Waals surface area (Å²) in [6.07, 6.45) is -21.5. The third-order valence-electron chi connectivity index (χ3n) is 21.5. The first-order chi connectivity index (χ1) is 57.7. The molecule has 14 N–H and O–H groups in total. The quantitative estimate of drug-likeness (QED) is 0.0146. The number of nitrogens with zero attached hydrogens (tertiary/aromatic N) is 9. The number of H-pyrrole nitrogens is 4. The van der Waals surface area contributed by atoms with E-state index in [0.717, 1.165) is 15.5 Å². The highest BCUT2D eigenvalue weighted by molar-refractivity contribution is 8.08. The zero-order valence-corrected chi connectivity index (χ0v) is 73.0. The maximum Gasteiger partial charge on any atom is 0.330 e. The van der Waals surface area contributed by atoms with Crippen molar-refractivity contribution in [2.24, 2.45) is 0 Å². The molecule has 0 radical (unpaired) electrons. The predicted octanol–water partition coefficient (Wildman–Crippen LogP) is -2.09. The minimum Gasteiger partial charge on any atom is -0.387 e. The van der Waals surface area contributed by atoms with Crippen molar-refractivity contribution < 1.29 is 127 Å². The smallest absolute Gasteiger partial charge is 0.330 e. The first-order valence-electron chi connectivity index (χ1n) is 37.6. The number of anilines is 2. The molecule has 9 unspecified atom stereocenters. The van der Waals surface area contributed by atoms with E-state index in [2.05, 4.69) is 51.8 Å². The second-order valence-electron chi connectivity index (χ2n) is 29.3. The van der Waals surface area contributed by atoms with Crippen molar-refractivity contribution in [3.05, 3.63) is 123 Å². The summed E-state index contributed by atoms with van der Waals surface area (Å²) in [5.74, 6) is -1.01. The van der Waals surface area contributed by atoms with Crippen LogP contribution in [0.4, 0.5) is 11.9 Å². The van der Waals surface area contributed by atoms with Crippen LogP contribution >= 0.6 is 26.9 Å². The van der Waals surface area contributed by atoms with Crippen molar-refractivity contribution in [3.8, 4) is 0 Å². The Morgan fingerprint density at radius 1 is 0.525 bits per heavy atom. The van der Waals surface area contributed by atoms with Crippen LogP contribution in [0.5, 0.6) is 0 Å². The molecule has 4 bridgehead atoms. The van der Waals surface area contributed by atoms with E-state index >= 15 is 0 Å². The van der Waals surface area contributed by atoms with Crippen molar-refractivity contribution in [2.45, 2.75) is 182 Å². The molecule has 7 saturated heterocycles. The van der Waals surface area contributed by atoms with Crippen LogP contribution in [0.1, 0.15) is 70.2 Å². The molecule has 672 valence electrons. The Morgan fingerprint density at radius 2 is 0.934 bits per heavy atom. The van der Waals surface area contributed by atoms with Crippen LogP contribution in [0.25, 0.3) is 22.3 Å². The molecule has 8 aliphatic heterocycles. The van der Waals surface area contributed by atoms with Gasteiger partial charge in [-0.1, -0.05) is 13.5 Å². The van der Waals surface area contributed by atoms with Gasteiger partial charge in [0.15, 0.2) is 53.5 Å². The molecule has 26 atom stereocenters. The molecular formula is C65H90N16O33P4S4. The molecule has 14 heterocycles. The highest BCUT2D eigenvalue weighted by Gasteiger charge is 2.71. The Labute approximate surface area is 709 Å². The Hall–Kier alpha value is -6.03. The van der Waals surface area contributed by atoms with Gasteiger partial charge in [-0.15, -0.1) is 0 Å². The first-order valence-corrected chi connectivity index (χ1v) is 47.9. The molecular weight excluding hydrogens is 1780 g/mol. The molecule has 1 amide bonds. The summed E-state index contributed by atoms with van der Waals surface area (Å²) in [5.41, 5.74) is 3.27. The van der Waals surface area contributed by atoms with Crippen molar-refractivity contribution in [1.29, 1.82) is 0 Å². The second-order valence-corrected chi connectivity index (χ2v) is 40.5. The number of imidazole rings is 2. The predicted molar refractivity (Wildman–Crippen MR) is 431 cm³/mol. The van der Waals surface area contributed by atoms with Gasteiger partial charge in [0, 0.05) is 56.6 Å². The van der Waals surface area contributed by atoms with E-state index < -0.39 is 227 Å². The van der Waals surface area contributed by atoms with Gasteiger partial charge in [-0.25, -0.2) is 19.6 Å². The number of methoxy groups -OCH3 is 3. The monoisotopic (exact) mass is 1870 g/mol. The third-order valence-corrected chi connectivity index (χ3v) is 27.7. The van der Waals surface area contributed by atoms with Crippen LogP contribution in [0.3, 0.4) is 0 Å². The van der Waals surface area contributed by atoms with Gasteiger partial charge in [0.05, 0.1) is 97.0 Å². The highest BCUT2D eigenvalue weighted by Crippen LogP contribution is 2.61. The van der Waals surface area contributed by atoms with Gasteiger partial charge >= 0.3 is 38.3 Å². The summed E-state index contributed by atoms with van der Waals surface area (Å²) in [6.45, 7) is -10.2. The van der Waals surface area contributed by atoms with E-state index in [4.69, 9.17) is 156 Å². The van der Waals surface area contributed by atoms with Gasteiger partial charge in [0.25, 0.3) is 28.1 Å². The fourth-order valence-electron chi connectivity index (χ4n) is 15.5. The lowest BCUT2D eigenvalue weighted by molar-refractivity contribution is -0.222. The molecule has 8 aliphatic rings. The van der Waals surface area contributed by atoms with E-state index in [9.17, 15) is 58.2 Å². The fourth-order valence-corrected chi connectivity index (χ4v) is 21.3. The molecule has 0 aliphatic carbocycles. The maximum atomic E-state index is 13.8.